The van der Waals surface area contributed by atoms with E-state index in [1.807, 2.05) is 60.7 Å². The van der Waals surface area contributed by atoms with Gasteiger partial charge in [-0.05, 0) is 5.56 Å². The Morgan fingerprint density at radius 2 is 1.37 bits per heavy atom. The molecule has 0 aliphatic heterocycles. The molecule has 0 unspecified atom stereocenters. The lowest BCUT2D eigenvalue weighted by Gasteiger charge is -2.04. The summed E-state index contributed by atoms with van der Waals surface area (Å²) in [5.74, 6) is 1.54. The van der Waals surface area contributed by atoms with E-state index in [2.05, 4.69) is 0 Å². The summed E-state index contributed by atoms with van der Waals surface area (Å²) in [5.41, 5.74) is 3.08. The summed E-state index contributed by atoms with van der Waals surface area (Å²) in [4.78, 5) is 0. The third-order valence-electron chi connectivity index (χ3n) is 3.07. The molecule has 3 aromatic rings. The minimum Gasteiger partial charge on any atom is -0.492 e. The molecule has 0 saturated heterocycles. The maximum Gasteiger partial charge on any atom is 0.176 e. The maximum absolute atomic E-state index is 5.70. The van der Waals surface area contributed by atoms with E-state index in [0.29, 0.717) is 0 Å². The van der Waals surface area contributed by atoms with Crippen molar-refractivity contribution >= 4 is 0 Å². The van der Waals surface area contributed by atoms with E-state index in [1.165, 1.54) is 0 Å². The van der Waals surface area contributed by atoms with Crippen molar-refractivity contribution in [2.45, 2.75) is 0 Å². The number of hydrogen-bond donors (Lipinski definition) is 0. The monoisotopic (exact) mass is 250 g/mol. The summed E-state index contributed by atoms with van der Waals surface area (Å²) in [6, 6.07) is 20.1. The molecule has 2 aromatic carbocycles. The van der Waals surface area contributed by atoms with Gasteiger partial charge in [0.1, 0.15) is 6.26 Å². The molecule has 0 saturated carbocycles. The van der Waals surface area contributed by atoms with E-state index in [9.17, 15) is 0 Å². The summed E-state index contributed by atoms with van der Waals surface area (Å²) in [6.07, 6.45) is 1.75. The minimum absolute atomic E-state index is 0.766. The Morgan fingerprint density at radius 1 is 0.789 bits per heavy atom. The Morgan fingerprint density at radius 3 is 1.95 bits per heavy atom. The molecule has 0 fully saturated rings. The Kier molecular flexibility index (Phi) is 3.07. The molecule has 0 spiro atoms. The molecule has 3 rings (SSSR count). The van der Waals surface area contributed by atoms with Crippen LogP contribution in [0.2, 0.25) is 0 Å². The van der Waals surface area contributed by atoms with E-state index in [1.54, 1.807) is 13.4 Å². The molecule has 0 atom stereocenters. The Balaban J connectivity index is 2.13. The van der Waals surface area contributed by atoms with Crippen LogP contribution in [0.4, 0.5) is 0 Å². The first-order valence-electron chi connectivity index (χ1n) is 6.16. The number of hydrogen-bond acceptors (Lipinski definition) is 2. The molecule has 0 N–H and O–H groups in total. The molecule has 19 heavy (non-hydrogen) atoms. The highest BCUT2D eigenvalue weighted by atomic mass is 16.5. The van der Waals surface area contributed by atoms with E-state index in [0.717, 1.165) is 28.2 Å². The van der Waals surface area contributed by atoms with Gasteiger partial charge in [0.05, 0.1) is 12.7 Å². The fourth-order valence-corrected chi connectivity index (χ4v) is 2.16. The van der Waals surface area contributed by atoms with Crippen molar-refractivity contribution in [3.05, 3.63) is 66.9 Å². The van der Waals surface area contributed by atoms with Gasteiger partial charge in [-0.1, -0.05) is 60.7 Å². The van der Waals surface area contributed by atoms with Crippen LogP contribution in [0.3, 0.4) is 0 Å². The Hall–Kier alpha value is -2.48. The van der Waals surface area contributed by atoms with Crippen LogP contribution in [0.5, 0.6) is 5.75 Å². The molecule has 0 amide bonds. The number of methoxy groups -OCH3 is 1. The standard InChI is InChI=1S/C17H14O2/c1-18-17-15(13-8-4-2-5-9-13)12-19-16(17)14-10-6-3-7-11-14/h2-12H,1H3. The highest BCUT2D eigenvalue weighted by molar-refractivity contribution is 5.79. The van der Waals surface area contributed by atoms with Crippen LogP contribution in [0.15, 0.2) is 71.3 Å². The molecule has 0 aliphatic carbocycles. The molecule has 2 heteroatoms. The second kappa shape index (κ2) is 5.02. The van der Waals surface area contributed by atoms with Crippen LogP contribution in [-0.4, -0.2) is 7.11 Å². The average Bonchev–Trinajstić information content (AvgIpc) is 2.93. The lowest BCUT2D eigenvalue weighted by atomic mass is 10.1. The minimum atomic E-state index is 0.766. The molecular formula is C17H14O2. The average molecular weight is 250 g/mol. The van der Waals surface area contributed by atoms with Crippen LogP contribution < -0.4 is 4.74 Å². The van der Waals surface area contributed by atoms with Gasteiger partial charge < -0.3 is 9.15 Å². The number of furan rings is 1. The normalized spacial score (nSPS) is 10.4. The predicted octanol–water partition coefficient (Wildman–Crippen LogP) is 4.62. The molecule has 1 aromatic heterocycles. The second-order valence-electron chi connectivity index (χ2n) is 4.24. The second-order valence-corrected chi connectivity index (χ2v) is 4.24. The topological polar surface area (TPSA) is 22.4 Å². The Bertz CT molecular complexity index is 597. The van der Waals surface area contributed by atoms with Crippen molar-refractivity contribution in [3.63, 3.8) is 0 Å². The summed E-state index contributed by atoms with van der Waals surface area (Å²) in [6.45, 7) is 0. The number of rotatable bonds is 3. The molecular weight excluding hydrogens is 236 g/mol. The summed E-state index contributed by atoms with van der Waals surface area (Å²) >= 11 is 0. The van der Waals surface area contributed by atoms with Crippen molar-refractivity contribution < 1.29 is 9.15 Å². The molecule has 0 aliphatic rings. The summed E-state index contributed by atoms with van der Waals surface area (Å²) in [7, 11) is 1.67. The quantitative estimate of drug-likeness (QED) is 0.676. The van der Waals surface area contributed by atoms with Crippen molar-refractivity contribution in [2.75, 3.05) is 7.11 Å². The van der Waals surface area contributed by atoms with Gasteiger partial charge in [-0.3, -0.25) is 0 Å². The van der Waals surface area contributed by atoms with E-state index < -0.39 is 0 Å². The van der Waals surface area contributed by atoms with Crippen LogP contribution in [0.1, 0.15) is 0 Å². The first-order chi connectivity index (χ1) is 9.40. The molecule has 0 bridgehead atoms. The highest BCUT2D eigenvalue weighted by Gasteiger charge is 2.16. The summed E-state index contributed by atoms with van der Waals surface area (Å²) < 4.78 is 11.2. The van der Waals surface area contributed by atoms with Gasteiger partial charge in [-0.15, -0.1) is 0 Å². The highest BCUT2D eigenvalue weighted by Crippen LogP contribution is 2.40. The first-order valence-corrected chi connectivity index (χ1v) is 6.16. The van der Waals surface area contributed by atoms with Gasteiger partial charge in [-0.2, -0.15) is 0 Å². The summed E-state index contributed by atoms with van der Waals surface area (Å²) in [5, 5.41) is 0. The largest absolute Gasteiger partial charge is 0.492 e. The predicted molar refractivity (Wildman–Crippen MR) is 76.1 cm³/mol. The zero-order chi connectivity index (χ0) is 13.1. The molecule has 1 heterocycles. The van der Waals surface area contributed by atoms with E-state index in [4.69, 9.17) is 9.15 Å². The van der Waals surface area contributed by atoms with Crippen LogP contribution in [0, 0.1) is 0 Å². The third kappa shape index (κ3) is 2.13. The Labute approximate surface area is 112 Å². The third-order valence-corrected chi connectivity index (χ3v) is 3.07. The fraction of sp³-hybridized carbons (Fsp3) is 0.0588. The van der Waals surface area contributed by atoms with Crippen LogP contribution in [0.25, 0.3) is 22.5 Å². The van der Waals surface area contributed by atoms with E-state index >= 15 is 0 Å². The van der Waals surface area contributed by atoms with Crippen LogP contribution in [-0.2, 0) is 0 Å². The van der Waals surface area contributed by atoms with Gasteiger partial charge >= 0.3 is 0 Å². The van der Waals surface area contributed by atoms with Gasteiger partial charge in [-0.25, -0.2) is 0 Å². The van der Waals surface area contributed by atoms with Gasteiger partial charge in [0.2, 0.25) is 0 Å². The van der Waals surface area contributed by atoms with Crippen molar-refractivity contribution in [2.24, 2.45) is 0 Å². The SMILES string of the molecule is COc1c(-c2ccccc2)coc1-c1ccccc1. The number of ether oxygens (including phenoxy) is 1. The zero-order valence-corrected chi connectivity index (χ0v) is 10.7. The smallest absolute Gasteiger partial charge is 0.176 e. The van der Waals surface area contributed by atoms with Crippen molar-refractivity contribution in [1.82, 2.24) is 0 Å². The zero-order valence-electron chi connectivity index (χ0n) is 10.7. The molecule has 0 radical (unpaired) electrons. The maximum atomic E-state index is 5.70. The fourth-order valence-electron chi connectivity index (χ4n) is 2.16. The molecule has 94 valence electrons. The lowest BCUT2D eigenvalue weighted by Crippen LogP contribution is -1.86. The first kappa shape index (κ1) is 11.6. The van der Waals surface area contributed by atoms with E-state index in [-0.39, 0.29) is 0 Å². The lowest BCUT2D eigenvalue weighted by molar-refractivity contribution is 0.411. The van der Waals surface area contributed by atoms with Crippen molar-refractivity contribution in [1.29, 1.82) is 0 Å². The van der Waals surface area contributed by atoms with Gasteiger partial charge in [0.15, 0.2) is 11.5 Å². The van der Waals surface area contributed by atoms with Gasteiger partial charge in [0, 0.05) is 5.56 Å². The number of benzene rings is 2. The van der Waals surface area contributed by atoms with Gasteiger partial charge in [0.25, 0.3) is 0 Å². The molecule has 2 nitrogen and oxygen atoms in total. The van der Waals surface area contributed by atoms with Crippen LogP contribution >= 0.6 is 0 Å². The van der Waals surface area contributed by atoms with Crippen molar-refractivity contribution in [3.8, 4) is 28.2 Å².